The average Bonchev–Trinajstić information content (AvgIpc) is 2.83. The van der Waals surface area contributed by atoms with Crippen molar-refractivity contribution in [2.24, 2.45) is 0 Å². The van der Waals surface area contributed by atoms with Gasteiger partial charge in [0.1, 0.15) is 28.7 Å². The largest absolute Gasteiger partial charge is 0.459 e. The van der Waals surface area contributed by atoms with Gasteiger partial charge >= 0.3 is 5.97 Å². The summed E-state index contributed by atoms with van der Waals surface area (Å²) in [5, 5.41) is 2.81. The van der Waals surface area contributed by atoms with Gasteiger partial charge in [-0.15, -0.1) is 0 Å². The summed E-state index contributed by atoms with van der Waals surface area (Å²) in [6, 6.07) is 14.8. The molecular formula is C26H28F2N4O2. The Hall–Kier alpha value is -3.52. The second kappa shape index (κ2) is 10.6. The molecule has 1 N–H and O–H groups in total. The molecule has 0 radical (unpaired) electrons. The van der Waals surface area contributed by atoms with E-state index in [0.717, 1.165) is 38.3 Å². The zero-order valence-corrected chi connectivity index (χ0v) is 19.3. The molecule has 0 amide bonds. The van der Waals surface area contributed by atoms with Crippen LogP contribution >= 0.6 is 0 Å². The van der Waals surface area contributed by atoms with E-state index < -0.39 is 11.6 Å². The van der Waals surface area contributed by atoms with Crippen LogP contribution in [0, 0.1) is 11.6 Å². The van der Waals surface area contributed by atoms with E-state index in [9.17, 15) is 13.6 Å². The first-order valence-corrected chi connectivity index (χ1v) is 11.3. The Morgan fingerprint density at radius 2 is 1.68 bits per heavy atom. The van der Waals surface area contributed by atoms with Crippen LogP contribution in [0.5, 0.6) is 0 Å². The molecule has 6 nitrogen and oxygen atoms in total. The predicted octanol–water partition coefficient (Wildman–Crippen LogP) is 4.99. The molecule has 178 valence electrons. The van der Waals surface area contributed by atoms with E-state index in [1.165, 1.54) is 18.2 Å². The number of esters is 1. The predicted molar refractivity (Wildman–Crippen MR) is 128 cm³/mol. The number of anilines is 3. The molecule has 0 spiro atoms. The van der Waals surface area contributed by atoms with E-state index in [0.29, 0.717) is 17.1 Å². The van der Waals surface area contributed by atoms with Crippen LogP contribution in [0.15, 0.2) is 60.8 Å². The van der Waals surface area contributed by atoms with Crippen molar-refractivity contribution in [1.29, 1.82) is 0 Å². The molecular weight excluding hydrogens is 438 g/mol. The Labute approximate surface area is 198 Å². The van der Waals surface area contributed by atoms with Crippen molar-refractivity contribution < 1.29 is 18.3 Å². The van der Waals surface area contributed by atoms with Crippen LogP contribution in [-0.4, -0.2) is 48.1 Å². The number of carbonyl (C=O) groups excluding carboxylic acids is 1. The minimum absolute atomic E-state index is 0.155. The van der Waals surface area contributed by atoms with Crippen molar-refractivity contribution in [3.05, 3.63) is 83.6 Å². The number of piperazine rings is 1. The summed E-state index contributed by atoms with van der Waals surface area (Å²) in [4.78, 5) is 21.3. The Balaban J connectivity index is 1.34. The highest BCUT2D eigenvalue weighted by molar-refractivity contribution is 5.94. The van der Waals surface area contributed by atoms with Crippen LogP contribution in [-0.2, 0) is 11.3 Å². The fourth-order valence-corrected chi connectivity index (χ4v) is 3.92. The standard InChI is InChI=1S/C26H28F2N4O2/c1-18(2)34-26(33)21-5-4-12-29-25(21)32-15-13-31(14-16-32)17-19-8-10-20(11-9-19)30-24-22(27)6-3-7-23(24)28/h3-12,18,30H,13-17H2,1-2H3. The maximum Gasteiger partial charge on any atom is 0.342 e. The fraction of sp³-hybridized carbons (Fsp3) is 0.308. The lowest BCUT2D eigenvalue weighted by molar-refractivity contribution is 0.0378. The lowest BCUT2D eigenvalue weighted by Gasteiger charge is -2.36. The third-order valence-corrected chi connectivity index (χ3v) is 5.61. The van der Waals surface area contributed by atoms with Crippen LogP contribution in [0.3, 0.4) is 0 Å². The number of pyridine rings is 1. The molecule has 1 aromatic heterocycles. The van der Waals surface area contributed by atoms with Gasteiger partial charge in [-0.25, -0.2) is 18.6 Å². The van der Waals surface area contributed by atoms with Gasteiger partial charge in [0.05, 0.1) is 6.10 Å². The molecule has 0 bridgehead atoms. The van der Waals surface area contributed by atoms with Crippen molar-refractivity contribution in [2.45, 2.75) is 26.5 Å². The summed E-state index contributed by atoms with van der Waals surface area (Å²) in [6.07, 6.45) is 1.50. The van der Waals surface area contributed by atoms with Crippen molar-refractivity contribution in [2.75, 3.05) is 36.4 Å². The molecule has 1 aliphatic heterocycles. The quantitative estimate of drug-likeness (QED) is 0.495. The summed E-state index contributed by atoms with van der Waals surface area (Å²) < 4.78 is 33.1. The van der Waals surface area contributed by atoms with Crippen LogP contribution in [0.25, 0.3) is 0 Å². The Morgan fingerprint density at radius 3 is 2.32 bits per heavy atom. The van der Waals surface area contributed by atoms with Gasteiger partial charge in [-0.2, -0.15) is 0 Å². The van der Waals surface area contributed by atoms with Crippen molar-refractivity contribution in [1.82, 2.24) is 9.88 Å². The third kappa shape index (κ3) is 5.69. The topological polar surface area (TPSA) is 57.7 Å². The first kappa shape index (κ1) is 23.6. The van der Waals surface area contributed by atoms with Gasteiger partial charge in [-0.1, -0.05) is 18.2 Å². The Bertz CT molecular complexity index is 1110. The third-order valence-electron chi connectivity index (χ3n) is 5.61. The second-order valence-corrected chi connectivity index (χ2v) is 8.51. The van der Waals surface area contributed by atoms with E-state index in [4.69, 9.17) is 4.74 Å². The molecule has 0 unspecified atom stereocenters. The molecule has 2 heterocycles. The summed E-state index contributed by atoms with van der Waals surface area (Å²) >= 11 is 0. The first-order chi connectivity index (χ1) is 16.4. The van der Waals surface area contributed by atoms with Crippen LogP contribution in [0.2, 0.25) is 0 Å². The van der Waals surface area contributed by atoms with Gasteiger partial charge < -0.3 is 15.0 Å². The molecule has 8 heteroatoms. The molecule has 1 fully saturated rings. The van der Waals surface area contributed by atoms with E-state index >= 15 is 0 Å². The minimum atomic E-state index is -0.629. The number of halogens is 2. The number of nitrogens with zero attached hydrogens (tertiary/aromatic N) is 3. The number of carbonyl (C=O) groups is 1. The normalized spacial score (nSPS) is 14.3. The smallest absolute Gasteiger partial charge is 0.342 e. The van der Waals surface area contributed by atoms with Crippen molar-refractivity contribution >= 4 is 23.2 Å². The SMILES string of the molecule is CC(C)OC(=O)c1cccnc1N1CCN(Cc2ccc(Nc3c(F)cccc3F)cc2)CC1. The molecule has 2 aromatic carbocycles. The maximum absolute atomic E-state index is 13.9. The zero-order valence-electron chi connectivity index (χ0n) is 19.3. The number of ether oxygens (including phenoxy) is 1. The second-order valence-electron chi connectivity index (χ2n) is 8.51. The Kier molecular flexibility index (Phi) is 7.37. The van der Waals surface area contributed by atoms with E-state index in [1.54, 1.807) is 18.3 Å². The Morgan fingerprint density at radius 1 is 1.00 bits per heavy atom. The number of rotatable bonds is 7. The molecule has 3 aromatic rings. The van der Waals surface area contributed by atoms with Gasteiger partial charge in [0.15, 0.2) is 0 Å². The number of hydrogen-bond acceptors (Lipinski definition) is 6. The number of para-hydroxylation sites is 1. The van der Waals surface area contributed by atoms with Gasteiger partial charge in [0.25, 0.3) is 0 Å². The summed E-state index contributed by atoms with van der Waals surface area (Å²) in [7, 11) is 0. The zero-order chi connectivity index (χ0) is 24.1. The molecule has 34 heavy (non-hydrogen) atoms. The van der Waals surface area contributed by atoms with Gasteiger partial charge in [-0.3, -0.25) is 4.90 Å². The molecule has 0 atom stereocenters. The highest BCUT2D eigenvalue weighted by Crippen LogP contribution is 2.24. The number of hydrogen-bond donors (Lipinski definition) is 1. The molecule has 0 aliphatic carbocycles. The van der Waals surface area contributed by atoms with Gasteiger partial charge in [-0.05, 0) is 55.8 Å². The minimum Gasteiger partial charge on any atom is -0.459 e. The summed E-state index contributed by atoms with van der Waals surface area (Å²) in [5.74, 6) is -0.959. The van der Waals surface area contributed by atoms with E-state index in [2.05, 4.69) is 20.1 Å². The highest BCUT2D eigenvalue weighted by atomic mass is 19.1. The van der Waals surface area contributed by atoms with Gasteiger partial charge in [0.2, 0.25) is 0 Å². The summed E-state index contributed by atoms with van der Waals surface area (Å²) in [6.45, 7) is 7.52. The van der Waals surface area contributed by atoms with Crippen LogP contribution < -0.4 is 10.2 Å². The number of nitrogens with one attached hydrogen (secondary N) is 1. The molecule has 1 aliphatic rings. The lowest BCUT2D eigenvalue weighted by Crippen LogP contribution is -2.46. The maximum atomic E-state index is 13.9. The molecule has 1 saturated heterocycles. The van der Waals surface area contributed by atoms with Crippen LogP contribution in [0.4, 0.5) is 26.0 Å². The first-order valence-electron chi connectivity index (χ1n) is 11.3. The molecule has 0 saturated carbocycles. The van der Waals surface area contributed by atoms with Crippen molar-refractivity contribution in [3.63, 3.8) is 0 Å². The molecule has 4 rings (SSSR count). The van der Waals surface area contributed by atoms with Gasteiger partial charge in [0, 0.05) is 44.6 Å². The van der Waals surface area contributed by atoms with Crippen LogP contribution in [0.1, 0.15) is 29.8 Å². The number of aromatic nitrogens is 1. The van der Waals surface area contributed by atoms with Crippen molar-refractivity contribution in [3.8, 4) is 0 Å². The van der Waals surface area contributed by atoms with E-state index in [-0.39, 0.29) is 17.8 Å². The monoisotopic (exact) mass is 466 g/mol. The number of benzene rings is 2. The van der Waals surface area contributed by atoms with E-state index in [1.807, 2.05) is 38.1 Å². The fourth-order valence-electron chi connectivity index (χ4n) is 3.92. The lowest BCUT2D eigenvalue weighted by atomic mass is 10.1. The highest BCUT2D eigenvalue weighted by Gasteiger charge is 2.23. The summed E-state index contributed by atoms with van der Waals surface area (Å²) in [5.41, 5.74) is 2.05. The average molecular weight is 467 g/mol.